The highest BCUT2D eigenvalue weighted by atomic mass is 16.5. The van der Waals surface area contributed by atoms with E-state index in [0.29, 0.717) is 19.5 Å². The second-order valence-corrected chi connectivity index (χ2v) is 8.40. The van der Waals surface area contributed by atoms with Crippen LogP contribution in [0.4, 0.5) is 4.79 Å². The van der Waals surface area contributed by atoms with Crippen LogP contribution in [0, 0.1) is 0 Å². The molecule has 0 radical (unpaired) electrons. The summed E-state index contributed by atoms with van der Waals surface area (Å²) in [5, 5.41) is 11.5. The van der Waals surface area contributed by atoms with Crippen molar-refractivity contribution in [2.75, 3.05) is 26.3 Å². The number of ether oxygens (including phenoxy) is 2. The number of aliphatic carboxylic acids is 1. The SMILES string of the molecule is CC[C@H](CC(=O)N1CC(OCC(=O)O)C1)NC(=O)OCC1c2ccccc2-c2ccccc21. The second kappa shape index (κ2) is 10.0. The normalized spacial score (nSPS) is 15.8. The van der Waals surface area contributed by atoms with E-state index in [0.717, 1.165) is 11.1 Å². The third-order valence-electron chi connectivity index (χ3n) is 6.22. The second-order valence-electron chi connectivity index (χ2n) is 8.40. The van der Waals surface area contributed by atoms with Crippen LogP contribution in [0.15, 0.2) is 48.5 Å². The number of carboxylic acid groups (broad SMARTS) is 1. The standard InChI is InChI=1S/C25H28N2O6/c1-2-16(11-23(28)27-12-17(13-27)32-15-24(29)30)26-25(31)33-14-22-20-9-5-3-7-18(20)19-8-4-6-10-21(19)22/h3-10,16-17,22H,2,11-15H2,1H3,(H,26,31)(H,29,30)/t16-/m1/s1. The average Bonchev–Trinajstić information content (AvgIpc) is 3.09. The summed E-state index contributed by atoms with van der Waals surface area (Å²) in [6.07, 6.45) is -0.0438. The Bertz CT molecular complexity index is 988. The average molecular weight is 453 g/mol. The van der Waals surface area contributed by atoms with E-state index in [1.54, 1.807) is 4.90 Å². The Morgan fingerprint density at radius 2 is 1.67 bits per heavy atom. The van der Waals surface area contributed by atoms with Crippen molar-refractivity contribution in [3.8, 4) is 11.1 Å². The number of hydrogen-bond acceptors (Lipinski definition) is 5. The number of carbonyl (C=O) groups is 3. The largest absolute Gasteiger partial charge is 0.480 e. The lowest BCUT2D eigenvalue weighted by Gasteiger charge is -2.39. The zero-order valence-electron chi connectivity index (χ0n) is 18.5. The number of fused-ring (bicyclic) bond motifs is 3. The summed E-state index contributed by atoms with van der Waals surface area (Å²) in [5.41, 5.74) is 4.62. The van der Waals surface area contributed by atoms with Crippen molar-refractivity contribution in [3.05, 3.63) is 59.7 Å². The molecule has 1 atom stereocenters. The highest BCUT2D eigenvalue weighted by molar-refractivity contribution is 5.80. The number of likely N-dealkylation sites (tertiary alicyclic amines) is 1. The molecule has 1 fully saturated rings. The molecule has 0 unspecified atom stereocenters. The fourth-order valence-corrected chi connectivity index (χ4v) is 4.38. The zero-order chi connectivity index (χ0) is 23.4. The molecule has 0 bridgehead atoms. The van der Waals surface area contributed by atoms with Gasteiger partial charge in [-0.3, -0.25) is 4.79 Å². The topological polar surface area (TPSA) is 105 Å². The van der Waals surface area contributed by atoms with Gasteiger partial charge < -0.3 is 24.8 Å². The lowest BCUT2D eigenvalue weighted by Crippen LogP contribution is -2.56. The van der Waals surface area contributed by atoms with Crippen LogP contribution in [-0.4, -0.2) is 66.4 Å². The van der Waals surface area contributed by atoms with E-state index in [2.05, 4.69) is 29.6 Å². The van der Waals surface area contributed by atoms with Gasteiger partial charge in [0.2, 0.25) is 5.91 Å². The maximum atomic E-state index is 12.5. The van der Waals surface area contributed by atoms with Crippen LogP contribution >= 0.6 is 0 Å². The van der Waals surface area contributed by atoms with Crippen LogP contribution in [-0.2, 0) is 19.1 Å². The fourth-order valence-electron chi connectivity index (χ4n) is 4.38. The zero-order valence-corrected chi connectivity index (χ0v) is 18.5. The van der Waals surface area contributed by atoms with E-state index in [9.17, 15) is 14.4 Å². The smallest absolute Gasteiger partial charge is 0.407 e. The number of carbonyl (C=O) groups excluding carboxylic acids is 2. The van der Waals surface area contributed by atoms with Crippen molar-refractivity contribution in [2.24, 2.45) is 0 Å². The van der Waals surface area contributed by atoms with Crippen LogP contribution in [0.5, 0.6) is 0 Å². The minimum absolute atomic E-state index is 0.0197. The predicted octanol–water partition coefficient (Wildman–Crippen LogP) is 3.01. The molecule has 2 amide bonds. The Hall–Kier alpha value is -3.39. The van der Waals surface area contributed by atoms with Crippen molar-refractivity contribution >= 4 is 18.0 Å². The van der Waals surface area contributed by atoms with Gasteiger partial charge in [0.1, 0.15) is 13.2 Å². The maximum Gasteiger partial charge on any atom is 0.407 e. The highest BCUT2D eigenvalue weighted by Gasteiger charge is 2.33. The fraction of sp³-hybridized carbons (Fsp3) is 0.400. The van der Waals surface area contributed by atoms with Crippen LogP contribution in [0.25, 0.3) is 11.1 Å². The Kier molecular flexibility index (Phi) is 6.93. The lowest BCUT2D eigenvalue weighted by atomic mass is 9.98. The van der Waals surface area contributed by atoms with Crippen molar-refractivity contribution in [1.82, 2.24) is 10.2 Å². The first kappa shape index (κ1) is 22.8. The number of nitrogens with zero attached hydrogens (tertiary/aromatic N) is 1. The summed E-state index contributed by atoms with van der Waals surface area (Å²) in [6.45, 7) is 2.49. The maximum absolute atomic E-state index is 12.5. The molecule has 2 aromatic rings. The van der Waals surface area contributed by atoms with Crippen molar-refractivity contribution in [3.63, 3.8) is 0 Å². The third-order valence-corrected chi connectivity index (χ3v) is 6.22. The predicted molar refractivity (Wildman–Crippen MR) is 121 cm³/mol. The molecule has 4 rings (SSSR count). The Labute approximate surface area is 192 Å². The summed E-state index contributed by atoms with van der Waals surface area (Å²) < 4.78 is 10.7. The van der Waals surface area contributed by atoms with E-state index in [1.807, 2.05) is 31.2 Å². The van der Waals surface area contributed by atoms with Gasteiger partial charge in [0.25, 0.3) is 0 Å². The van der Waals surface area contributed by atoms with Gasteiger partial charge in [-0.2, -0.15) is 0 Å². The molecular formula is C25H28N2O6. The first-order valence-electron chi connectivity index (χ1n) is 11.2. The van der Waals surface area contributed by atoms with Crippen LogP contribution in [0.3, 0.4) is 0 Å². The quantitative estimate of drug-likeness (QED) is 0.606. The molecule has 8 nitrogen and oxygen atoms in total. The van der Waals surface area contributed by atoms with E-state index in [-0.39, 0.29) is 43.6 Å². The molecule has 174 valence electrons. The minimum atomic E-state index is -1.03. The molecular weight excluding hydrogens is 424 g/mol. The number of carboxylic acids is 1. The van der Waals surface area contributed by atoms with Gasteiger partial charge in [-0.15, -0.1) is 0 Å². The monoisotopic (exact) mass is 452 g/mol. The van der Waals surface area contributed by atoms with Gasteiger partial charge in [0.15, 0.2) is 0 Å². The van der Waals surface area contributed by atoms with E-state index in [4.69, 9.17) is 14.6 Å². The summed E-state index contributed by atoms with van der Waals surface area (Å²) >= 11 is 0. The highest BCUT2D eigenvalue weighted by Crippen LogP contribution is 2.44. The molecule has 1 saturated heterocycles. The number of nitrogens with one attached hydrogen (secondary N) is 1. The third kappa shape index (κ3) is 5.17. The summed E-state index contributed by atoms with van der Waals surface area (Å²) in [6, 6.07) is 15.9. The van der Waals surface area contributed by atoms with Crippen LogP contribution in [0.2, 0.25) is 0 Å². The summed E-state index contributed by atoms with van der Waals surface area (Å²) in [5.74, 6) is -1.15. The summed E-state index contributed by atoms with van der Waals surface area (Å²) in [4.78, 5) is 37.1. The van der Waals surface area contributed by atoms with Gasteiger partial charge in [-0.25, -0.2) is 9.59 Å². The summed E-state index contributed by atoms with van der Waals surface area (Å²) in [7, 11) is 0. The molecule has 2 aliphatic rings. The van der Waals surface area contributed by atoms with Crippen molar-refractivity contribution in [1.29, 1.82) is 0 Å². The molecule has 33 heavy (non-hydrogen) atoms. The molecule has 0 saturated carbocycles. The molecule has 0 aromatic heterocycles. The number of alkyl carbamates (subject to hydrolysis) is 1. The Balaban J connectivity index is 1.26. The van der Waals surface area contributed by atoms with E-state index >= 15 is 0 Å². The minimum Gasteiger partial charge on any atom is -0.480 e. The van der Waals surface area contributed by atoms with E-state index < -0.39 is 12.1 Å². The van der Waals surface area contributed by atoms with Crippen molar-refractivity contribution in [2.45, 2.75) is 37.8 Å². The Morgan fingerprint density at radius 1 is 1.06 bits per heavy atom. The van der Waals surface area contributed by atoms with Gasteiger partial charge in [-0.1, -0.05) is 55.5 Å². The van der Waals surface area contributed by atoms with Gasteiger partial charge in [0, 0.05) is 31.5 Å². The lowest BCUT2D eigenvalue weighted by molar-refractivity contribution is -0.154. The molecule has 2 N–H and O–H groups in total. The number of benzene rings is 2. The molecule has 1 aliphatic carbocycles. The number of amides is 2. The molecule has 8 heteroatoms. The molecule has 0 spiro atoms. The van der Waals surface area contributed by atoms with Crippen molar-refractivity contribution < 1.29 is 29.0 Å². The van der Waals surface area contributed by atoms with E-state index in [1.165, 1.54) is 11.1 Å². The molecule has 1 heterocycles. The molecule has 2 aromatic carbocycles. The van der Waals surface area contributed by atoms with Gasteiger partial charge in [0.05, 0.1) is 6.10 Å². The van der Waals surface area contributed by atoms with Crippen LogP contribution < -0.4 is 5.32 Å². The van der Waals surface area contributed by atoms with Gasteiger partial charge in [-0.05, 0) is 28.7 Å². The first-order valence-corrected chi connectivity index (χ1v) is 11.2. The Morgan fingerprint density at radius 3 is 2.24 bits per heavy atom. The number of hydrogen-bond donors (Lipinski definition) is 2. The molecule has 1 aliphatic heterocycles. The first-order chi connectivity index (χ1) is 16.0. The van der Waals surface area contributed by atoms with Crippen LogP contribution in [0.1, 0.15) is 36.8 Å². The van der Waals surface area contributed by atoms with Gasteiger partial charge >= 0.3 is 12.1 Å². The number of rotatable bonds is 9.